The summed E-state index contributed by atoms with van der Waals surface area (Å²) in [6.45, 7) is 2.05. The first kappa shape index (κ1) is 27.0. The van der Waals surface area contributed by atoms with E-state index in [4.69, 9.17) is 4.74 Å². The largest absolute Gasteiger partial charge is 0.466 e. The summed E-state index contributed by atoms with van der Waals surface area (Å²) in [4.78, 5) is 13.9. The van der Waals surface area contributed by atoms with Crippen molar-refractivity contribution in [3.63, 3.8) is 0 Å². The molecule has 1 atom stereocenters. The van der Waals surface area contributed by atoms with Crippen molar-refractivity contribution in [3.8, 4) is 11.1 Å². The van der Waals surface area contributed by atoms with Crippen molar-refractivity contribution in [3.05, 3.63) is 89.1 Å². The number of hydrogen-bond acceptors (Lipinski definition) is 4. The molecule has 1 heterocycles. The Morgan fingerprint density at radius 3 is 2.51 bits per heavy atom. The van der Waals surface area contributed by atoms with Crippen molar-refractivity contribution < 1.29 is 31.1 Å². The highest BCUT2D eigenvalue weighted by molar-refractivity contribution is 7.89. The zero-order valence-electron chi connectivity index (χ0n) is 21.1. The molecule has 10 heteroatoms. The number of carbonyl (C=O) groups excluding carboxylic acids is 1. The number of halogens is 3. The van der Waals surface area contributed by atoms with Crippen LogP contribution in [0.25, 0.3) is 22.0 Å². The Bertz CT molecular complexity index is 1640. The first-order chi connectivity index (χ1) is 18.5. The van der Waals surface area contributed by atoms with Crippen LogP contribution in [-0.4, -0.2) is 32.0 Å². The summed E-state index contributed by atoms with van der Waals surface area (Å²) >= 11 is 0. The van der Waals surface area contributed by atoms with Gasteiger partial charge < -0.3 is 9.72 Å². The second-order valence-electron chi connectivity index (χ2n) is 9.62. The number of hydrogen-bond donors (Lipinski definition) is 2. The Balaban J connectivity index is 1.36. The van der Waals surface area contributed by atoms with E-state index in [1.807, 2.05) is 24.3 Å². The molecule has 1 aromatic heterocycles. The topological polar surface area (TPSA) is 88.3 Å². The summed E-state index contributed by atoms with van der Waals surface area (Å²) in [7, 11) is -4.47. The van der Waals surface area contributed by atoms with Crippen LogP contribution < -0.4 is 4.72 Å². The molecule has 0 saturated carbocycles. The van der Waals surface area contributed by atoms with Crippen LogP contribution in [0.5, 0.6) is 0 Å². The molecule has 0 radical (unpaired) electrons. The Hall–Kier alpha value is -3.63. The zero-order chi connectivity index (χ0) is 27.8. The fourth-order valence-electron chi connectivity index (χ4n) is 5.07. The molecule has 6 nitrogen and oxygen atoms in total. The smallest absolute Gasteiger partial charge is 0.417 e. The lowest BCUT2D eigenvalue weighted by molar-refractivity contribution is -0.143. The number of aryl methyl sites for hydroxylation is 1. The summed E-state index contributed by atoms with van der Waals surface area (Å²) in [5.41, 5.74) is 3.21. The standard InChI is InChI=1S/C29H27F3N2O4S/c1-2-38-28(35)10-4-18-3-5-20-15-24(16-23(20)13-18)34-39(36,37)27-9-7-21(17-25(27)29(30,31)32)19-6-8-26-22(14-19)11-12-33-26/h3,5-9,11-14,17,24,33-34H,2,4,10,15-16H2,1H3. The van der Waals surface area contributed by atoms with Gasteiger partial charge in [-0.05, 0) is 89.7 Å². The van der Waals surface area contributed by atoms with Crippen LogP contribution in [0.4, 0.5) is 13.2 Å². The van der Waals surface area contributed by atoms with E-state index >= 15 is 0 Å². The summed E-state index contributed by atoms with van der Waals surface area (Å²) in [6, 6.07) is 15.4. The van der Waals surface area contributed by atoms with Gasteiger partial charge in [-0.25, -0.2) is 13.1 Å². The van der Waals surface area contributed by atoms with Crippen molar-refractivity contribution in [1.29, 1.82) is 0 Å². The number of rotatable bonds is 8. The van der Waals surface area contributed by atoms with Gasteiger partial charge in [-0.15, -0.1) is 0 Å². The maximum atomic E-state index is 14.1. The molecule has 204 valence electrons. The zero-order valence-corrected chi connectivity index (χ0v) is 22.0. The quantitative estimate of drug-likeness (QED) is 0.269. The van der Waals surface area contributed by atoms with Gasteiger partial charge in [0.25, 0.3) is 0 Å². The molecule has 4 aromatic rings. The second-order valence-corrected chi connectivity index (χ2v) is 11.3. The predicted molar refractivity (Wildman–Crippen MR) is 142 cm³/mol. The number of esters is 1. The summed E-state index contributed by atoms with van der Waals surface area (Å²) in [6.07, 6.45) is -1.70. The molecular weight excluding hydrogens is 529 g/mol. The highest BCUT2D eigenvalue weighted by atomic mass is 32.2. The van der Waals surface area contributed by atoms with E-state index in [0.29, 0.717) is 31.4 Å². The fraction of sp³-hybridized carbons (Fsp3) is 0.276. The van der Waals surface area contributed by atoms with Crippen molar-refractivity contribution in [1.82, 2.24) is 9.71 Å². The SMILES string of the molecule is CCOC(=O)CCc1ccc2c(c1)CC(NS(=O)(=O)c1ccc(-c3ccc4[nH]ccc4c3)cc1C(F)(F)F)C2. The molecule has 5 rings (SSSR count). The minimum Gasteiger partial charge on any atom is -0.466 e. The number of aromatic amines is 1. The average molecular weight is 557 g/mol. The van der Waals surface area contributed by atoms with E-state index in [0.717, 1.165) is 39.7 Å². The normalized spacial score (nSPS) is 15.4. The van der Waals surface area contributed by atoms with Crippen molar-refractivity contribution in [2.24, 2.45) is 0 Å². The maximum Gasteiger partial charge on any atom is 0.417 e. The van der Waals surface area contributed by atoms with Crippen LogP contribution in [0.2, 0.25) is 0 Å². The highest BCUT2D eigenvalue weighted by Gasteiger charge is 2.38. The van der Waals surface area contributed by atoms with Crippen LogP contribution in [0.3, 0.4) is 0 Å². The van der Waals surface area contributed by atoms with Crippen LogP contribution in [0, 0.1) is 0 Å². The van der Waals surface area contributed by atoms with E-state index in [1.165, 1.54) is 6.07 Å². The van der Waals surface area contributed by atoms with E-state index in [2.05, 4.69) is 9.71 Å². The average Bonchev–Trinajstić information content (AvgIpc) is 3.52. The molecule has 39 heavy (non-hydrogen) atoms. The third-order valence-electron chi connectivity index (χ3n) is 6.91. The lowest BCUT2D eigenvalue weighted by atomic mass is 10.0. The number of aromatic nitrogens is 1. The van der Waals surface area contributed by atoms with Gasteiger partial charge in [0.05, 0.1) is 17.1 Å². The van der Waals surface area contributed by atoms with Gasteiger partial charge in [-0.3, -0.25) is 4.79 Å². The first-order valence-corrected chi connectivity index (χ1v) is 14.1. The van der Waals surface area contributed by atoms with Crippen LogP contribution in [-0.2, 0) is 45.0 Å². The van der Waals surface area contributed by atoms with Gasteiger partial charge in [0, 0.05) is 24.2 Å². The third-order valence-corrected chi connectivity index (χ3v) is 8.49. The third kappa shape index (κ3) is 5.86. The van der Waals surface area contributed by atoms with E-state index in [1.54, 1.807) is 31.3 Å². The van der Waals surface area contributed by atoms with Crippen LogP contribution >= 0.6 is 0 Å². The van der Waals surface area contributed by atoms with Gasteiger partial charge in [-0.2, -0.15) is 13.2 Å². The van der Waals surface area contributed by atoms with E-state index in [-0.39, 0.29) is 18.0 Å². The summed E-state index contributed by atoms with van der Waals surface area (Å²) in [5.74, 6) is -0.292. The first-order valence-electron chi connectivity index (χ1n) is 12.6. The minimum absolute atomic E-state index is 0.234. The van der Waals surface area contributed by atoms with E-state index < -0.39 is 32.7 Å². The molecule has 0 fully saturated rings. The molecule has 0 saturated heterocycles. The lowest BCUT2D eigenvalue weighted by Gasteiger charge is -2.18. The molecular formula is C29H27F3N2O4S. The summed E-state index contributed by atoms with van der Waals surface area (Å²) in [5, 5.41) is 0.837. The molecule has 0 amide bonds. The monoisotopic (exact) mass is 556 g/mol. The number of nitrogens with one attached hydrogen (secondary N) is 2. The molecule has 3 aromatic carbocycles. The minimum atomic E-state index is -4.87. The summed E-state index contributed by atoms with van der Waals surface area (Å²) < 4.78 is 76.2. The van der Waals surface area contributed by atoms with Gasteiger partial charge in [0.15, 0.2) is 0 Å². The maximum absolute atomic E-state index is 14.1. The molecule has 1 aliphatic rings. The Kier molecular flexibility index (Phi) is 7.26. The number of alkyl halides is 3. The van der Waals surface area contributed by atoms with Gasteiger partial charge in [0.1, 0.15) is 0 Å². The Labute approximate surface area is 224 Å². The Morgan fingerprint density at radius 2 is 1.74 bits per heavy atom. The number of fused-ring (bicyclic) bond motifs is 2. The number of ether oxygens (including phenoxy) is 1. The molecule has 1 aliphatic carbocycles. The van der Waals surface area contributed by atoms with Gasteiger partial charge in [0.2, 0.25) is 10.0 Å². The predicted octanol–water partition coefficient (Wildman–Crippen LogP) is 5.80. The van der Waals surface area contributed by atoms with Crippen molar-refractivity contribution in [2.45, 2.75) is 49.7 Å². The molecule has 0 bridgehead atoms. The number of carbonyl (C=O) groups is 1. The van der Waals surface area contributed by atoms with Gasteiger partial charge >= 0.3 is 12.1 Å². The Morgan fingerprint density at radius 1 is 1.00 bits per heavy atom. The highest BCUT2D eigenvalue weighted by Crippen LogP contribution is 2.38. The number of sulfonamides is 1. The van der Waals surface area contributed by atoms with E-state index in [9.17, 15) is 26.4 Å². The van der Waals surface area contributed by atoms with Crippen molar-refractivity contribution in [2.75, 3.05) is 6.61 Å². The second kappa shape index (κ2) is 10.5. The molecule has 2 N–H and O–H groups in total. The molecule has 0 aliphatic heterocycles. The fourth-order valence-corrected chi connectivity index (χ4v) is 6.51. The molecule has 0 spiro atoms. The lowest BCUT2D eigenvalue weighted by Crippen LogP contribution is -2.36. The number of benzene rings is 3. The molecule has 1 unspecified atom stereocenters. The number of H-pyrrole nitrogens is 1. The van der Waals surface area contributed by atoms with Crippen LogP contribution in [0.1, 0.15) is 35.6 Å². The van der Waals surface area contributed by atoms with Crippen LogP contribution in [0.15, 0.2) is 71.8 Å². The van der Waals surface area contributed by atoms with Crippen molar-refractivity contribution >= 4 is 26.9 Å². The van der Waals surface area contributed by atoms with Gasteiger partial charge in [-0.1, -0.05) is 30.3 Å².